The SMILES string of the molecule is CCCNC(c1cc(Cl)cc(Br)c1)C(C)CCC. The van der Waals surface area contributed by atoms with E-state index >= 15 is 0 Å². The van der Waals surface area contributed by atoms with E-state index in [1.165, 1.54) is 18.4 Å². The minimum Gasteiger partial charge on any atom is -0.310 e. The predicted octanol–water partition coefficient (Wildman–Crippen LogP) is 5.58. The second kappa shape index (κ2) is 8.19. The molecule has 18 heavy (non-hydrogen) atoms. The van der Waals surface area contributed by atoms with Gasteiger partial charge in [0.2, 0.25) is 0 Å². The molecule has 0 aliphatic heterocycles. The highest BCUT2D eigenvalue weighted by molar-refractivity contribution is 9.10. The van der Waals surface area contributed by atoms with Crippen molar-refractivity contribution in [3.8, 4) is 0 Å². The Labute approximate surface area is 124 Å². The summed E-state index contributed by atoms with van der Waals surface area (Å²) in [5.41, 5.74) is 1.28. The molecule has 1 aromatic carbocycles. The monoisotopic (exact) mass is 331 g/mol. The number of hydrogen-bond donors (Lipinski definition) is 1. The third kappa shape index (κ3) is 4.91. The van der Waals surface area contributed by atoms with Crippen LogP contribution in [0, 0.1) is 5.92 Å². The summed E-state index contributed by atoms with van der Waals surface area (Å²) in [6.45, 7) is 7.79. The van der Waals surface area contributed by atoms with Gasteiger partial charge in [-0.1, -0.05) is 54.7 Å². The second-order valence-electron chi connectivity index (χ2n) is 4.90. The van der Waals surface area contributed by atoms with Gasteiger partial charge in [-0.25, -0.2) is 0 Å². The maximum atomic E-state index is 6.15. The number of rotatable bonds is 7. The third-order valence-corrected chi connectivity index (χ3v) is 3.85. The minimum absolute atomic E-state index is 0.389. The zero-order chi connectivity index (χ0) is 13.5. The van der Waals surface area contributed by atoms with Crippen molar-refractivity contribution in [2.75, 3.05) is 6.54 Å². The van der Waals surface area contributed by atoms with Crippen molar-refractivity contribution in [3.63, 3.8) is 0 Å². The summed E-state index contributed by atoms with van der Waals surface area (Å²) in [5.74, 6) is 0.618. The van der Waals surface area contributed by atoms with Crippen molar-refractivity contribution in [1.82, 2.24) is 5.32 Å². The fourth-order valence-electron chi connectivity index (χ4n) is 2.32. The molecule has 0 heterocycles. The molecule has 0 saturated carbocycles. The van der Waals surface area contributed by atoms with Crippen molar-refractivity contribution in [1.29, 1.82) is 0 Å². The highest BCUT2D eigenvalue weighted by atomic mass is 79.9. The van der Waals surface area contributed by atoms with Gasteiger partial charge in [0.25, 0.3) is 0 Å². The Balaban J connectivity index is 2.92. The van der Waals surface area contributed by atoms with Crippen LogP contribution in [-0.2, 0) is 0 Å². The molecule has 3 heteroatoms. The summed E-state index contributed by atoms with van der Waals surface area (Å²) >= 11 is 9.68. The van der Waals surface area contributed by atoms with Crippen LogP contribution >= 0.6 is 27.5 Å². The zero-order valence-electron chi connectivity index (χ0n) is 11.5. The largest absolute Gasteiger partial charge is 0.310 e. The first-order valence-electron chi connectivity index (χ1n) is 6.77. The van der Waals surface area contributed by atoms with E-state index in [4.69, 9.17) is 11.6 Å². The number of halogens is 2. The van der Waals surface area contributed by atoms with Crippen LogP contribution in [-0.4, -0.2) is 6.54 Å². The molecule has 0 aliphatic rings. The molecule has 2 atom stereocenters. The van der Waals surface area contributed by atoms with Crippen molar-refractivity contribution in [2.24, 2.45) is 5.92 Å². The van der Waals surface area contributed by atoms with Crippen molar-refractivity contribution < 1.29 is 0 Å². The van der Waals surface area contributed by atoms with Gasteiger partial charge in [-0.15, -0.1) is 0 Å². The van der Waals surface area contributed by atoms with Gasteiger partial charge in [0.1, 0.15) is 0 Å². The molecule has 1 rings (SSSR count). The van der Waals surface area contributed by atoms with E-state index in [2.05, 4.69) is 54.2 Å². The topological polar surface area (TPSA) is 12.0 Å². The first-order chi connectivity index (χ1) is 8.58. The number of nitrogens with one attached hydrogen (secondary N) is 1. The van der Waals surface area contributed by atoms with Gasteiger partial charge < -0.3 is 5.32 Å². The van der Waals surface area contributed by atoms with Crippen molar-refractivity contribution in [2.45, 2.75) is 46.1 Å². The smallest absolute Gasteiger partial charge is 0.0420 e. The van der Waals surface area contributed by atoms with Gasteiger partial charge in [-0.2, -0.15) is 0 Å². The van der Waals surface area contributed by atoms with Crippen molar-refractivity contribution in [3.05, 3.63) is 33.3 Å². The first-order valence-corrected chi connectivity index (χ1v) is 7.95. The molecular weight excluding hydrogens is 310 g/mol. The molecular formula is C15H23BrClN. The van der Waals surface area contributed by atoms with Gasteiger partial charge in [0, 0.05) is 15.5 Å². The van der Waals surface area contributed by atoms with Crippen LogP contribution in [0.25, 0.3) is 0 Å². The van der Waals surface area contributed by atoms with Gasteiger partial charge in [-0.05, 0) is 49.1 Å². The lowest BCUT2D eigenvalue weighted by atomic mass is 9.91. The molecule has 0 saturated heterocycles. The lowest BCUT2D eigenvalue weighted by Gasteiger charge is -2.26. The van der Waals surface area contributed by atoms with E-state index in [-0.39, 0.29) is 0 Å². The Bertz CT molecular complexity index is 347. The average Bonchev–Trinajstić information content (AvgIpc) is 2.28. The number of benzene rings is 1. The van der Waals surface area contributed by atoms with Gasteiger partial charge >= 0.3 is 0 Å². The van der Waals surface area contributed by atoms with Gasteiger partial charge in [-0.3, -0.25) is 0 Å². The van der Waals surface area contributed by atoms with Gasteiger partial charge in [0.05, 0.1) is 0 Å². The molecule has 102 valence electrons. The lowest BCUT2D eigenvalue weighted by molar-refractivity contribution is 0.363. The van der Waals surface area contributed by atoms with E-state index < -0.39 is 0 Å². The molecule has 2 unspecified atom stereocenters. The fraction of sp³-hybridized carbons (Fsp3) is 0.600. The van der Waals surface area contributed by atoms with E-state index in [9.17, 15) is 0 Å². The summed E-state index contributed by atoms with van der Waals surface area (Å²) in [6, 6.07) is 6.57. The van der Waals surface area contributed by atoms with Gasteiger partial charge in [0.15, 0.2) is 0 Å². The molecule has 1 aromatic rings. The lowest BCUT2D eigenvalue weighted by Crippen LogP contribution is -2.27. The van der Waals surface area contributed by atoms with Crippen LogP contribution in [0.2, 0.25) is 5.02 Å². The van der Waals surface area contributed by atoms with E-state index in [1.807, 2.05) is 6.07 Å². The normalized spacial score (nSPS) is 14.5. The molecule has 0 radical (unpaired) electrons. The Morgan fingerprint density at radius 2 is 1.94 bits per heavy atom. The quantitative estimate of drug-likeness (QED) is 0.687. The third-order valence-electron chi connectivity index (χ3n) is 3.17. The minimum atomic E-state index is 0.389. The fourth-order valence-corrected chi connectivity index (χ4v) is 3.21. The zero-order valence-corrected chi connectivity index (χ0v) is 13.8. The Hall–Kier alpha value is -0.0500. The Morgan fingerprint density at radius 1 is 1.22 bits per heavy atom. The predicted molar refractivity (Wildman–Crippen MR) is 84.3 cm³/mol. The maximum absolute atomic E-state index is 6.15. The standard InChI is InChI=1S/C15H23BrClN/c1-4-6-11(3)15(18-7-5-2)12-8-13(16)10-14(17)9-12/h8-11,15,18H,4-7H2,1-3H3. The molecule has 1 nitrogen and oxygen atoms in total. The summed E-state index contributed by atoms with van der Waals surface area (Å²) in [4.78, 5) is 0. The summed E-state index contributed by atoms with van der Waals surface area (Å²) in [6.07, 6.45) is 3.59. The second-order valence-corrected chi connectivity index (χ2v) is 6.25. The summed E-state index contributed by atoms with van der Waals surface area (Å²) in [5, 5.41) is 4.44. The molecule has 0 fully saturated rings. The molecule has 1 N–H and O–H groups in total. The molecule has 0 bridgehead atoms. The Morgan fingerprint density at radius 3 is 2.50 bits per heavy atom. The van der Waals surface area contributed by atoms with Crippen molar-refractivity contribution >= 4 is 27.5 Å². The molecule has 0 amide bonds. The Kier molecular flexibility index (Phi) is 7.28. The summed E-state index contributed by atoms with van der Waals surface area (Å²) in [7, 11) is 0. The van der Waals surface area contributed by atoms with Crippen LogP contribution in [0.5, 0.6) is 0 Å². The molecule has 0 aliphatic carbocycles. The van der Waals surface area contributed by atoms with Crippen LogP contribution in [0.1, 0.15) is 51.6 Å². The van der Waals surface area contributed by atoms with E-state index in [0.29, 0.717) is 12.0 Å². The van der Waals surface area contributed by atoms with Crippen LogP contribution in [0.4, 0.5) is 0 Å². The number of hydrogen-bond acceptors (Lipinski definition) is 1. The highest BCUT2D eigenvalue weighted by Gasteiger charge is 2.18. The maximum Gasteiger partial charge on any atom is 0.0420 e. The molecule has 0 aromatic heterocycles. The van der Waals surface area contributed by atoms with Crippen LogP contribution in [0.15, 0.2) is 22.7 Å². The van der Waals surface area contributed by atoms with Crippen LogP contribution in [0.3, 0.4) is 0 Å². The summed E-state index contributed by atoms with van der Waals surface area (Å²) < 4.78 is 1.05. The van der Waals surface area contributed by atoms with Crippen LogP contribution < -0.4 is 5.32 Å². The highest BCUT2D eigenvalue weighted by Crippen LogP contribution is 2.30. The average molecular weight is 333 g/mol. The first kappa shape index (κ1) is 16.0. The van der Waals surface area contributed by atoms with E-state index in [1.54, 1.807) is 0 Å². The van der Waals surface area contributed by atoms with E-state index in [0.717, 1.165) is 22.5 Å². The molecule has 0 spiro atoms.